The van der Waals surface area contributed by atoms with Gasteiger partial charge in [0.15, 0.2) is 5.69 Å². The molecule has 0 aliphatic carbocycles. The SMILES string of the molecule is CCc1[nH]nc(C(=O)Nc2cccc3ncccc23)c1N. The van der Waals surface area contributed by atoms with E-state index >= 15 is 0 Å². The molecule has 0 atom stereocenters. The van der Waals surface area contributed by atoms with Gasteiger partial charge >= 0.3 is 0 Å². The minimum atomic E-state index is -0.334. The van der Waals surface area contributed by atoms with Crippen LogP contribution in [0.1, 0.15) is 23.1 Å². The lowest BCUT2D eigenvalue weighted by Crippen LogP contribution is -2.14. The number of pyridine rings is 1. The molecule has 3 rings (SSSR count). The number of nitrogen functional groups attached to an aromatic ring is 1. The van der Waals surface area contributed by atoms with Crippen LogP contribution in [0.3, 0.4) is 0 Å². The molecule has 1 amide bonds. The number of carbonyl (C=O) groups is 1. The van der Waals surface area contributed by atoms with E-state index in [1.807, 2.05) is 37.3 Å². The molecule has 6 nitrogen and oxygen atoms in total. The lowest BCUT2D eigenvalue weighted by Gasteiger charge is -2.07. The third-order valence-electron chi connectivity index (χ3n) is 3.35. The first-order valence-electron chi connectivity index (χ1n) is 6.68. The van der Waals surface area contributed by atoms with Crippen LogP contribution in [0, 0.1) is 0 Å². The van der Waals surface area contributed by atoms with Gasteiger partial charge in [-0.05, 0) is 30.7 Å². The van der Waals surface area contributed by atoms with Crippen molar-refractivity contribution in [2.45, 2.75) is 13.3 Å². The first-order valence-corrected chi connectivity index (χ1v) is 6.68. The Morgan fingerprint density at radius 3 is 2.95 bits per heavy atom. The topological polar surface area (TPSA) is 96.7 Å². The number of rotatable bonds is 3. The molecule has 106 valence electrons. The number of aromatic nitrogens is 3. The van der Waals surface area contributed by atoms with E-state index in [1.165, 1.54) is 0 Å². The van der Waals surface area contributed by atoms with Gasteiger partial charge in [0.1, 0.15) is 0 Å². The van der Waals surface area contributed by atoms with Crippen LogP contribution >= 0.6 is 0 Å². The number of nitrogens with two attached hydrogens (primary N) is 1. The van der Waals surface area contributed by atoms with Crippen molar-refractivity contribution in [1.82, 2.24) is 15.2 Å². The molecule has 0 aliphatic rings. The van der Waals surface area contributed by atoms with E-state index in [2.05, 4.69) is 20.5 Å². The highest BCUT2D eigenvalue weighted by molar-refractivity contribution is 6.10. The van der Waals surface area contributed by atoms with Crippen LogP contribution in [-0.2, 0) is 6.42 Å². The van der Waals surface area contributed by atoms with E-state index in [0.29, 0.717) is 17.8 Å². The summed E-state index contributed by atoms with van der Waals surface area (Å²) in [4.78, 5) is 16.6. The maximum atomic E-state index is 12.3. The van der Waals surface area contributed by atoms with Gasteiger partial charge in [-0.25, -0.2) is 0 Å². The molecule has 2 heterocycles. The second-order valence-corrected chi connectivity index (χ2v) is 4.65. The Morgan fingerprint density at radius 1 is 1.33 bits per heavy atom. The van der Waals surface area contributed by atoms with Crippen LogP contribution in [0.2, 0.25) is 0 Å². The number of hydrogen-bond donors (Lipinski definition) is 3. The lowest BCUT2D eigenvalue weighted by molar-refractivity contribution is 0.102. The first kappa shape index (κ1) is 13.1. The summed E-state index contributed by atoms with van der Waals surface area (Å²) in [5.41, 5.74) is 8.80. The average Bonchev–Trinajstić information content (AvgIpc) is 2.88. The number of hydrogen-bond acceptors (Lipinski definition) is 4. The zero-order chi connectivity index (χ0) is 14.8. The molecular formula is C15H15N5O. The smallest absolute Gasteiger partial charge is 0.278 e. The van der Waals surface area contributed by atoms with E-state index in [-0.39, 0.29) is 11.6 Å². The second kappa shape index (κ2) is 5.24. The van der Waals surface area contributed by atoms with Gasteiger partial charge in [-0.15, -0.1) is 0 Å². The summed E-state index contributed by atoms with van der Waals surface area (Å²) in [6.45, 7) is 1.95. The summed E-state index contributed by atoms with van der Waals surface area (Å²) in [6, 6.07) is 9.30. The third kappa shape index (κ3) is 2.31. The molecule has 21 heavy (non-hydrogen) atoms. The fourth-order valence-corrected chi connectivity index (χ4v) is 2.22. The minimum absolute atomic E-state index is 0.216. The summed E-state index contributed by atoms with van der Waals surface area (Å²) in [7, 11) is 0. The summed E-state index contributed by atoms with van der Waals surface area (Å²) < 4.78 is 0. The normalized spacial score (nSPS) is 10.7. The molecular weight excluding hydrogens is 266 g/mol. The molecule has 2 aromatic heterocycles. The Labute approximate surface area is 121 Å². The number of anilines is 2. The Morgan fingerprint density at radius 2 is 2.19 bits per heavy atom. The van der Waals surface area contributed by atoms with Crippen molar-refractivity contribution in [3.8, 4) is 0 Å². The Hall–Kier alpha value is -2.89. The van der Waals surface area contributed by atoms with E-state index in [1.54, 1.807) is 6.20 Å². The number of nitrogens with zero attached hydrogens (tertiary/aromatic N) is 2. The minimum Gasteiger partial charge on any atom is -0.395 e. The maximum Gasteiger partial charge on any atom is 0.278 e. The number of aryl methyl sites for hydroxylation is 1. The molecule has 6 heteroatoms. The van der Waals surface area contributed by atoms with Crippen molar-refractivity contribution in [2.24, 2.45) is 0 Å². The number of benzene rings is 1. The van der Waals surface area contributed by atoms with Crippen LogP contribution < -0.4 is 11.1 Å². The molecule has 3 aromatic rings. The average molecular weight is 281 g/mol. The highest BCUT2D eigenvalue weighted by atomic mass is 16.2. The molecule has 0 unspecified atom stereocenters. The molecule has 0 radical (unpaired) electrons. The van der Waals surface area contributed by atoms with Crippen LogP contribution in [0.5, 0.6) is 0 Å². The van der Waals surface area contributed by atoms with Gasteiger partial charge in [0.2, 0.25) is 0 Å². The van der Waals surface area contributed by atoms with Crippen LogP contribution in [0.25, 0.3) is 10.9 Å². The van der Waals surface area contributed by atoms with E-state index in [4.69, 9.17) is 5.73 Å². The van der Waals surface area contributed by atoms with E-state index < -0.39 is 0 Å². The molecule has 0 bridgehead atoms. The highest BCUT2D eigenvalue weighted by Crippen LogP contribution is 2.23. The van der Waals surface area contributed by atoms with Crippen LogP contribution in [0.4, 0.5) is 11.4 Å². The highest BCUT2D eigenvalue weighted by Gasteiger charge is 2.17. The van der Waals surface area contributed by atoms with Gasteiger partial charge in [-0.2, -0.15) is 5.10 Å². The van der Waals surface area contributed by atoms with Crippen LogP contribution in [0.15, 0.2) is 36.5 Å². The van der Waals surface area contributed by atoms with Gasteiger partial charge in [-0.1, -0.05) is 13.0 Å². The van der Waals surface area contributed by atoms with Crippen molar-refractivity contribution in [2.75, 3.05) is 11.1 Å². The number of amides is 1. The quantitative estimate of drug-likeness (QED) is 0.686. The van der Waals surface area contributed by atoms with E-state index in [9.17, 15) is 4.79 Å². The standard InChI is InChI=1S/C15H15N5O/c1-2-10-13(16)14(20-19-10)15(21)18-12-7-3-6-11-9(12)5-4-8-17-11/h3-8H,2,16H2,1H3,(H,18,21)(H,19,20). The number of H-pyrrole nitrogens is 1. The molecule has 0 saturated heterocycles. The van der Waals surface area contributed by atoms with Gasteiger partial charge in [0.25, 0.3) is 5.91 Å². The van der Waals surface area contributed by atoms with Crippen molar-refractivity contribution < 1.29 is 4.79 Å². The first-order chi connectivity index (χ1) is 10.2. The van der Waals surface area contributed by atoms with Crippen molar-refractivity contribution in [3.63, 3.8) is 0 Å². The van der Waals surface area contributed by atoms with Crippen molar-refractivity contribution in [3.05, 3.63) is 47.9 Å². The lowest BCUT2D eigenvalue weighted by atomic mass is 10.1. The van der Waals surface area contributed by atoms with Gasteiger partial charge in [-0.3, -0.25) is 14.9 Å². The molecule has 0 spiro atoms. The number of carbonyl (C=O) groups excluding carboxylic acids is 1. The molecule has 0 aliphatic heterocycles. The molecule has 1 aromatic carbocycles. The summed E-state index contributed by atoms with van der Waals surface area (Å²) >= 11 is 0. The second-order valence-electron chi connectivity index (χ2n) is 4.65. The fraction of sp³-hybridized carbons (Fsp3) is 0.133. The molecule has 4 N–H and O–H groups in total. The largest absolute Gasteiger partial charge is 0.395 e. The number of nitrogens with one attached hydrogen (secondary N) is 2. The zero-order valence-corrected chi connectivity index (χ0v) is 11.6. The molecule has 0 saturated carbocycles. The van der Waals surface area contributed by atoms with Gasteiger partial charge in [0.05, 0.1) is 22.6 Å². The monoisotopic (exact) mass is 281 g/mol. The van der Waals surface area contributed by atoms with E-state index in [0.717, 1.165) is 16.6 Å². The maximum absolute atomic E-state index is 12.3. The van der Waals surface area contributed by atoms with Gasteiger partial charge < -0.3 is 11.1 Å². The Kier molecular flexibility index (Phi) is 3.27. The third-order valence-corrected chi connectivity index (χ3v) is 3.35. The predicted octanol–water partition coefficient (Wildman–Crippen LogP) is 2.35. The molecule has 0 fully saturated rings. The summed E-state index contributed by atoms with van der Waals surface area (Å²) in [5, 5.41) is 10.5. The number of fused-ring (bicyclic) bond motifs is 1. The van der Waals surface area contributed by atoms with Gasteiger partial charge in [0, 0.05) is 11.6 Å². The summed E-state index contributed by atoms with van der Waals surface area (Å²) in [5.74, 6) is -0.334. The Bertz CT molecular complexity index is 803. The Balaban J connectivity index is 1.95. The van der Waals surface area contributed by atoms with Crippen molar-refractivity contribution >= 4 is 28.2 Å². The van der Waals surface area contributed by atoms with Crippen molar-refractivity contribution in [1.29, 1.82) is 0 Å². The van der Waals surface area contributed by atoms with Crippen LogP contribution in [-0.4, -0.2) is 21.1 Å². The predicted molar refractivity (Wildman–Crippen MR) is 82.1 cm³/mol. The fourth-order valence-electron chi connectivity index (χ4n) is 2.22. The zero-order valence-electron chi connectivity index (χ0n) is 11.6. The summed E-state index contributed by atoms with van der Waals surface area (Å²) in [6.07, 6.45) is 2.41. The number of aromatic amines is 1.